The van der Waals surface area contributed by atoms with E-state index < -0.39 is 52.6 Å². The highest BCUT2D eigenvalue weighted by Gasteiger charge is 2.35. The van der Waals surface area contributed by atoms with Crippen molar-refractivity contribution < 1.29 is 35.9 Å². The third-order valence-electron chi connectivity index (χ3n) is 4.71. The highest BCUT2D eigenvalue weighted by molar-refractivity contribution is 6.38. The number of anilines is 1. The van der Waals surface area contributed by atoms with Crippen molar-refractivity contribution in [3.05, 3.63) is 64.5 Å². The first-order valence-corrected chi connectivity index (χ1v) is 10.9. The summed E-state index contributed by atoms with van der Waals surface area (Å²) in [5.74, 6) is 0.270. The first kappa shape index (κ1) is 31.3. The van der Waals surface area contributed by atoms with Gasteiger partial charge in [-0.15, -0.1) is 0 Å². The average Bonchev–Trinajstić information content (AvgIpc) is 2.82. The van der Waals surface area contributed by atoms with Crippen LogP contribution < -0.4 is 16.5 Å². The summed E-state index contributed by atoms with van der Waals surface area (Å²) in [4.78, 5) is 25.3. The number of aliphatic imine (C=N–C) groups is 1. The first-order valence-electron chi connectivity index (χ1n) is 10.9. The lowest BCUT2D eigenvalue weighted by atomic mass is 10.1. The summed E-state index contributed by atoms with van der Waals surface area (Å²) in [5.41, 5.74) is -3.24. The second kappa shape index (κ2) is 15.4. The number of nitrogens with two attached hydrogens (primary N) is 1. The molecule has 2 rings (SSSR count). The number of unbranched alkanes of at least 4 members (excludes halogenated alkanes) is 2. The fourth-order valence-corrected chi connectivity index (χ4v) is 3.02. The Morgan fingerprint density at radius 1 is 1.11 bits per heavy atom. The third-order valence-corrected chi connectivity index (χ3v) is 4.71. The van der Waals surface area contributed by atoms with Crippen LogP contribution in [0.3, 0.4) is 0 Å². The molecule has 0 aliphatic heterocycles. The number of rotatable bonds is 10. The summed E-state index contributed by atoms with van der Waals surface area (Å²) in [6, 6.07) is 4.01. The number of hydrazone groups is 1. The molecule has 0 spiro atoms. The standard InChI is InChI=1S/C18H14F6N4O.C6H13NO/c1-26-8-14(28-25)16-12(19)6-10(7-13(16)20)27-15(29)5-9-3-2-4-11(17(9)21)18(22,23)24;1-7-5-3-2-4-6-8/h2-4,6-8H,5,25H2,1H3,(H,27,29);6-7H,2-5H2,1H3/b26-8?,28-14+;. The number of hydrogen-bond acceptors (Lipinski definition) is 6. The van der Waals surface area contributed by atoms with Crippen LogP contribution in [0, 0.1) is 17.5 Å². The van der Waals surface area contributed by atoms with Gasteiger partial charge in [-0.25, -0.2) is 13.2 Å². The molecule has 0 aliphatic carbocycles. The Morgan fingerprint density at radius 2 is 1.76 bits per heavy atom. The molecule has 2 aromatic carbocycles. The van der Waals surface area contributed by atoms with E-state index in [2.05, 4.69) is 20.7 Å². The fourth-order valence-electron chi connectivity index (χ4n) is 3.02. The predicted octanol–water partition coefficient (Wildman–Crippen LogP) is 4.24. The molecule has 7 nitrogen and oxygen atoms in total. The molecule has 202 valence electrons. The molecule has 0 atom stereocenters. The zero-order valence-corrected chi connectivity index (χ0v) is 20.1. The molecule has 0 bridgehead atoms. The van der Waals surface area contributed by atoms with E-state index in [1.165, 1.54) is 7.05 Å². The Labute approximate surface area is 209 Å². The number of nitrogens with one attached hydrogen (secondary N) is 2. The number of amides is 1. The Morgan fingerprint density at radius 3 is 2.27 bits per heavy atom. The monoisotopic (exact) mass is 531 g/mol. The van der Waals surface area contributed by atoms with Crippen LogP contribution in [0.15, 0.2) is 40.4 Å². The average molecular weight is 532 g/mol. The van der Waals surface area contributed by atoms with E-state index in [1.807, 2.05) is 7.05 Å². The van der Waals surface area contributed by atoms with Gasteiger partial charge in [0.2, 0.25) is 5.91 Å². The van der Waals surface area contributed by atoms with Crippen LogP contribution in [0.25, 0.3) is 0 Å². The van der Waals surface area contributed by atoms with Crippen molar-refractivity contribution in [2.24, 2.45) is 15.9 Å². The largest absolute Gasteiger partial charge is 0.419 e. The number of aldehydes is 1. The van der Waals surface area contributed by atoms with Gasteiger partial charge < -0.3 is 21.3 Å². The first-order chi connectivity index (χ1) is 17.5. The fraction of sp³-hybridized carbons (Fsp3) is 0.333. The van der Waals surface area contributed by atoms with Crippen LogP contribution in [0.5, 0.6) is 0 Å². The summed E-state index contributed by atoms with van der Waals surface area (Å²) >= 11 is 0. The summed E-state index contributed by atoms with van der Waals surface area (Å²) < 4.78 is 80.6. The van der Waals surface area contributed by atoms with Crippen molar-refractivity contribution in [1.82, 2.24) is 5.32 Å². The third kappa shape index (κ3) is 10.0. The smallest absolute Gasteiger partial charge is 0.326 e. The number of hydrogen-bond donors (Lipinski definition) is 3. The van der Waals surface area contributed by atoms with Crippen LogP contribution in [-0.2, 0) is 22.2 Å². The van der Waals surface area contributed by atoms with E-state index in [4.69, 9.17) is 5.84 Å². The van der Waals surface area contributed by atoms with Crippen molar-refractivity contribution in [2.45, 2.75) is 31.9 Å². The summed E-state index contributed by atoms with van der Waals surface area (Å²) in [6.07, 6.45) is -0.880. The molecule has 0 heterocycles. The van der Waals surface area contributed by atoms with E-state index in [1.54, 1.807) is 0 Å². The van der Waals surface area contributed by atoms with Crippen molar-refractivity contribution in [2.75, 3.05) is 26.0 Å². The molecule has 0 saturated carbocycles. The summed E-state index contributed by atoms with van der Waals surface area (Å²) in [7, 11) is 3.25. The molecule has 2 aromatic rings. The Bertz CT molecular complexity index is 1100. The molecule has 1 amide bonds. The topological polar surface area (TPSA) is 109 Å². The zero-order valence-electron chi connectivity index (χ0n) is 20.1. The van der Waals surface area contributed by atoms with Gasteiger partial charge in [-0.05, 0) is 50.2 Å². The lowest BCUT2D eigenvalue weighted by Crippen LogP contribution is -2.18. The van der Waals surface area contributed by atoms with E-state index >= 15 is 0 Å². The van der Waals surface area contributed by atoms with Gasteiger partial charge in [0.1, 0.15) is 29.4 Å². The van der Waals surface area contributed by atoms with Crippen LogP contribution in [0.1, 0.15) is 36.0 Å². The number of carbonyl (C=O) groups is 2. The maximum atomic E-state index is 14.2. The molecular formula is C24H27F6N5O2. The van der Waals surface area contributed by atoms with E-state index in [0.717, 1.165) is 56.2 Å². The van der Waals surface area contributed by atoms with Crippen molar-refractivity contribution in [1.29, 1.82) is 0 Å². The molecule has 0 aliphatic rings. The molecule has 0 unspecified atom stereocenters. The minimum Gasteiger partial charge on any atom is -0.326 e. The lowest BCUT2D eigenvalue weighted by Gasteiger charge is -2.12. The van der Waals surface area contributed by atoms with E-state index in [0.29, 0.717) is 12.5 Å². The number of carbonyl (C=O) groups excluding carboxylic acids is 2. The normalized spacial score (nSPS) is 11.7. The molecule has 0 saturated heterocycles. The highest BCUT2D eigenvalue weighted by Crippen LogP contribution is 2.32. The van der Waals surface area contributed by atoms with Gasteiger partial charge in [-0.2, -0.15) is 18.3 Å². The number of benzene rings is 2. The molecular weight excluding hydrogens is 504 g/mol. The second-order valence-corrected chi connectivity index (χ2v) is 7.48. The van der Waals surface area contributed by atoms with Gasteiger partial charge >= 0.3 is 6.18 Å². The van der Waals surface area contributed by atoms with Gasteiger partial charge in [0.25, 0.3) is 0 Å². The summed E-state index contributed by atoms with van der Waals surface area (Å²) in [6.45, 7) is 1.02. The molecule has 37 heavy (non-hydrogen) atoms. The van der Waals surface area contributed by atoms with Crippen LogP contribution in [0.4, 0.5) is 32.0 Å². The maximum absolute atomic E-state index is 14.2. The maximum Gasteiger partial charge on any atom is 0.419 e. The lowest BCUT2D eigenvalue weighted by molar-refractivity contribution is -0.140. The Kier molecular flexibility index (Phi) is 13.0. The molecule has 0 fully saturated rings. The second-order valence-electron chi connectivity index (χ2n) is 7.48. The quantitative estimate of drug-likeness (QED) is 0.106. The van der Waals surface area contributed by atoms with Crippen LogP contribution >= 0.6 is 0 Å². The SMILES string of the molecule is CN=C/C(=N\N)c1c(F)cc(NC(=O)Cc2cccc(C(F)(F)F)c2F)cc1F.CNCCCCC=O. The van der Waals surface area contributed by atoms with Gasteiger partial charge in [-0.3, -0.25) is 9.79 Å². The minimum absolute atomic E-state index is 0.286. The van der Waals surface area contributed by atoms with Gasteiger partial charge in [0.05, 0.1) is 17.5 Å². The highest BCUT2D eigenvalue weighted by atomic mass is 19.4. The Balaban J connectivity index is 0.000000738. The van der Waals surface area contributed by atoms with Crippen molar-refractivity contribution in [3.63, 3.8) is 0 Å². The minimum atomic E-state index is -4.93. The number of halogens is 6. The molecule has 0 radical (unpaired) electrons. The molecule has 0 aromatic heterocycles. The predicted molar refractivity (Wildman–Crippen MR) is 129 cm³/mol. The van der Waals surface area contributed by atoms with Gasteiger partial charge in [0.15, 0.2) is 0 Å². The van der Waals surface area contributed by atoms with Crippen LogP contribution in [0.2, 0.25) is 0 Å². The number of alkyl halides is 3. The van der Waals surface area contributed by atoms with Crippen LogP contribution in [-0.4, -0.2) is 44.8 Å². The summed E-state index contributed by atoms with van der Waals surface area (Å²) in [5, 5.41) is 8.33. The molecule has 4 N–H and O–H groups in total. The van der Waals surface area contributed by atoms with Gasteiger partial charge in [-0.1, -0.05) is 12.1 Å². The van der Waals surface area contributed by atoms with Crippen molar-refractivity contribution >= 4 is 29.8 Å². The zero-order chi connectivity index (χ0) is 28.0. The number of nitrogens with zero attached hydrogens (tertiary/aromatic N) is 2. The van der Waals surface area contributed by atoms with Gasteiger partial charge in [0, 0.05) is 25.4 Å². The van der Waals surface area contributed by atoms with Crippen molar-refractivity contribution in [3.8, 4) is 0 Å². The van der Waals surface area contributed by atoms with E-state index in [-0.39, 0.29) is 11.4 Å². The molecule has 13 heteroatoms. The Hall–Kier alpha value is -3.74. The van der Waals surface area contributed by atoms with E-state index in [9.17, 15) is 35.9 Å².